The fraction of sp³-hybridized carbons (Fsp3) is 0.625. The van der Waals surface area contributed by atoms with Crippen LogP contribution >= 0.6 is 11.3 Å². The Morgan fingerprint density at radius 3 is 2.82 bits per heavy atom. The molecule has 0 radical (unpaired) electrons. The van der Waals surface area contributed by atoms with Crippen LogP contribution in [0.1, 0.15) is 36.3 Å². The molecule has 1 amide bonds. The van der Waals surface area contributed by atoms with Crippen molar-refractivity contribution in [3.63, 3.8) is 0 Å². The van der Waals surface area contributed by atoms with Crippen molar-refractivity contribution in [1.82, 2.24) is 4.90 Å². The number of hydrogen-bond donors (Lipinski definition) is 1. The van der Waals surface area contributed by atoms with Gasteiger partial charge in [0.2, 0.25) is 5.91 Å². The second kappa shape index (κ2) is 6.37. The summed E-state index contributed by atoms with van der Waals surface area (Å²) in [7, 11) is 0. The van der Waals surface area contributed by atoms with E-state index < -0.39 is 0 Å². The summed E-state index contributed by atoms with van der Waals surface area (Å²) in [5.74, 6) is -0.0438. The third-order valence-corrected chi connectivity index (χ3v) is 5.36. The highest BCUT2D eigenvalue weighted by Crippen LogP contribution is 2.38. The molecule has 2 aliphatic rings. The third kappa shape index (κ3) is 3.17. The summed E-state index contributed by atoms with van der Waals surface area (Å²) in [6, 6.07) is 2.26. The lowest BCUT2D eigenvalue weighted by Gasteiger charge is -2.34. The first-order chi connectivity index (χ1) is 10.6. The molecular formula is C16H21N3O2S. The average Bonchev–Trinajstić information content (AvgIpc) is 2.97. The van der Waals surface area contributed by atoms with Gasteiger partial charge in [0.15, 0.2) is 0 Å². The molecule has 0 unspecified atom stereocenters. The molecule has 118 valence electrons. The zero-order valence-electron chi connectivity index (χ0n) is 13.0. The fourth-order valence-electron chi connectivity index (χ4n) is 3.39. The van der Waals surface area contributed by atoms with Crippen molar-refractivity contribution in [3.05, 3.63) is 16.0 Å². The topological polar surface area (TPSA) is 65.4 Å². The minimum absolute atomic E-state index is 0.0438. The number of nitriles is 1. The van der Waals surface area contributed by atoms with Crippen LogP contribution in [0.3, 0.4) is 0 Å². The largest absolute Gasteiger partial charge is 0.373 e. The van der Waals surface area contributed by atoms with Gasteiger partial charge in [-0.2, -0.15) is 5.26 Å². The Bertz CT molecular complexity index is 610. The molecule has 0 spiro atoms. The molecule has 22 heavy (non-hydrogen) atoms. The summed E-state index contributed by atoms with van der Waals surface area (Å²) in [6.45, 7) is 5.94. The molecule has 1 saturated heterocycles. The number of anilines is 1. The summed E-state index contributed by atoms with van der Waals surface area (Å²) in [6.07, 6.45) is 3.41. The normalized spacial score (nSPS) is 24.8. The Morgan fingerprint density at radius 1 is 1.41 bits per heavy atom. The molecule has 0 bridgehead atoms. The standard InChI is InChI=1S/C16H21N3O2S/c1-10-7-19(8-11(2)21-10)9-15(20)18-16-13(6-17)12-4-3-5-14(12)22-16/h10-11H,3-5,7-9H2,1-2H3,(H,18,20)/t10-,11-/m0/s1. The molecule has 1 aliphatic carbocycles. The highest BCUT2D eigenvalue weighted by Gasteiger charge is 2.26. The number of hydrogen-bond acceptors (Lipinski definition) is 5. The smallest absolute Gasteiger partial charge is 0.239 e. The molecule has 1 aromatic heterocycles. The lowest BCUT2D eigenvalue weighted by Crippen LogP contribution is -2.48. The van der Waals surface area contributed by atoms with Crippen LogP contribution in [0.15, 0.2) is 0 Å². The molecule has 2 heterocycles. The predicted octanol–water partition coefficient (Wildman–Crippen LogP) is 2.16. The molecule has 1 aromatic rings. The van der Waals surface area contributed by atoms with Gasteiger partial charge in [0, 0.05) is 18.0 Å². The van der Waals surface area contributed by atoms with Crippen molar-refractivity contribution in [2.75, 3.05) is 25.0 Å². The number of aryl methyl sites for hydroxylation is 1. The average molecular weight is 319 g/mol. The number of morpholine rings is 1. The van der Waals surface area contributed by atoms with E-state index in [4.69, 9.17) is 4.74 Å². The highest BCUT2D eigenvalue weighted by atomic mass is 32.1. The van der Waals surface area contributed by atoms with Gasteiger partial charge in [-0.3, -0.25) is 9.69 Å². The van der Waals surface area contributed by atoms with Gasteiger partial charge in [-0.05, 0) is 38.7 Å². The van der Waals surface area contributed by atoms with E-state index in [9.17, 15) is 10.1 Å². The van der Waals surface area contributed by atoms with E-state index in [1.54, 1.807) is 11.3 Å². The Morgan fingerprint density at radius 2 is 2.14 bits per heavy atom. The first-order valence-corrected chi connectivity index (χ1v) is 8.60. The summed E-state index contributed by atoms with van der Waals surface area (Å²) in [4.78, 5) is 15.7. The van der Waals surface area contributed by atoms with Gasteiger partial charge in [0.25, 0.3) is 0 Å². The maximum absolute atomic E-state index is 12.3. The highest BCUT2D eigenvalue weighted by molar-refractivity contribution is 7.16. The Kier molecular flexibility index (Phi) is 4.48. The Hall–Kier alpha value is -1.42. The first-order valence-electron chi connectivity index (χ1n) is 7.79. The van der Waals surface area contributed by atoms with Crippen LogP contribution in [0, 0.1) is 11.3 Å². The van der Waals surface area contributed by atoms with Gasteiger partial charge in [0.05, 0.1) is 24.3 Å². The van der Waals surface area contributed by atoms with E-state index in [2.05, 4.69) is 16.3 Å². The van der Waals surface area contributed by atoms with Gasteiger partial charge in [-0.1, -0.05) is 0 Å². The van der Waals surface area contributed by atoms with E-state index in [-0.39, 0.29) is 18.1 Å². The number of amides is 1. The second-order valence-electron chi connectivity index (χ2n) is 6.17. The molecule has 6 heteroatoms. The monoisotopic (exact) mass is 319 g/mol. The van der Waals surface area contributed by atoms with Crippen molar-refractivity contribution in [3.8, 4) is 6.07 Å². The molecule has 1 fully saturated rings. The van der Waals surface area contributed by atoms with E-state index in [0.717, 1.165) is 42.9 Å². The van der Waals surface area contributed by atoms with E-state index in [1.165, 1.54) is 4.88 Å². The van der Waals surface area contributed by atoms with E-state index >= 15 is 0 Å². The van der Waals surface area contributed by atoms with Crippen molar-refractivity contribution >= 4 is 22.2 Å². The zero-order chi connectivity index (χ0) is 15.7. The van der Waals surface area contributed by atoms with Crippen LogP contribution in [0.2, 0.25) is 0 Å². The van der Waals surface area contributed by atoms with Crippen LogP contribution in [-0.4, -0.2) is 42.6 Å². The predicted molar refractivity (Wildman–Crippen MR) is 86.1 cm³/mol. The SMILES string of the molecule is C[C@H]1CN(CC(=O)Nc2sc3c(c2C#N)CCC3)C[C@H](C)O1. The number of fused-ring (bicyclic) bond motifs is 1. The van der Waals surface area contributed by atoms with Crippen LogP contribution in [0.25, 0.3) is 0 Å². The maximum Gasteiger partial charge on any atom is 0.239 e. The number of carbonyl (C=O) groups excluding carboxylic acids is 1. The molecular weight excluding hydrogens is 298 g/mol. The van der Waals surface area contributed by atoms with Gasteiger partial charge < -0.3 is 10.1 Å². The number of carbonyl (C=O) groups is 1. The number of thiophene rings is 1. The molecule has 0 aromatic carbocycles. The number of nitrogens with zero attached hydrogens (tertiary/aromatic N) is 2. The zero-order valence-corrected chi connectivity index (χ0v) is 13.8. The van der Waals surface area contributed by atoms with Gasteiger partial charge in [-0.15, -0.1) is 11.3 Å². The van der Waals surface area contributed by atoms with Crippen molar-refractivity contribution in [2.24, 2.45) is 0 Å². The molecule has 2 atom stereocenters. The third-order valence-electron chi connectivity index (χ3n) is 4.15. The second-order valence-corrected chi connectivity index (χ2v) is 7.28. The van der Waals surface area contributed by atoms with Crippen molar-refractivity contribution in [1.29, 1.82) is 5.26 Å². The molecule has 1 N–H and O–H groups in total. The first kappa shape index (κ1) is 15.5. The van der Waals surface area contributed by atoms with Gasteiger partial charge in [-0.25, -0.2) is 0 Å². The summed E-state index contributed by atoms with van der Waals surface area (Å²) < 4.78 is 5.68. The number of rotatable bonds is 3. The summed E-state index contributed by atoms with van der Waals surface area (Å²) in [5, 5.41) is 13.0. The van der Waals surface area contributed by atoms with E-state index in [1.807, 2.05) is 13.8 Å². The summed E-state index contributed by atoms with van der Waals surface area (Å²) >= 11 is 1.57. The number of nitrogens with one attached hydrogen (secondary N) is 1. The van der Waals surface area contributed by atoms with Crippen LogP contribution in [0.5, 0.6) is 0 Å². The molecule has 5 nitrogen and oxygen atoms in total. The van der Waals surface area contributed by atoms with Crippen LogP contribution < -0.4 is 5.32 Å². The molecule has 1 aliphatic heterocycles. The lowest BCUT2D eigenvalue weighted by molar-refractivity contribution is -0.121. The minimum Gasteiger partial charge on any atom is -0.373 e. The quantitative estimate of drug-likeness (QED) is 0.927. The Labute approximate surface area is 134 Å². The van der Waals surface area contributed by atoms with Crippen LogP contribution in [-0.2, 0) is 22.4 Å². The van der Waals surface area contributed by atoms with E-state index in [0.29, 0.717) is 12.1 Å². The Balaban J connectivity index is 1.64. The van der Waals surface area contributed by atoms with Crippen molar-refractivity contribution in [2.45, 2.75) is 45.3 Å². The lowest BCUT2D eigenvalue weighted by atomic mass is 10.1. The van der Waals surface area contributed by atoms with Gasteiger partial charge >= 0.3 is 0 Å². The molecule has 0 saturated carbocycles. The maximum atomic E-state index is 12.3. The fourth-order valence-corrected chi connectivity index (χ4v) is 4.65. The summed E-state index contributed by atoms with van der Waals surface area (Å²) in [5.41, 5.74) is 1.82. The van der Waals surface area contributed by atoms with Gasteiger partial charge in [0.1, 0.15) is 11.1 Å². The minimum atomic E-state index is -0.0438. The van der Waals surface area contributed by atoms with Crippen molar-refractivity contribution < 1.29 is 9.53 Å². The van der Waals surface area contributed by atoms with Crippen LogP contribution in [0.4, 0.5) is 5.00 Å². The number of ether oxygens (including phenoxy) is 1. The molecule has 3 rings (SSSR count).